The molecule has 2 aliphatic rings. The number of benzene rings is 1. The van der Waals surface area contributed by atoms with Crippen LogP contribution in [-0.4, -0.2) is 63.7 Å². The molecule has 1 saturated carbocycles. The van der Waals surface area contributed by atoms with E-state index in [4.69, 9.17) is 4.74 Å². The molecule has 1 unspecified atom stereocenters. The maximum Gasteiger partial charge on any atom is 0.230 e. The molecule has 8 heteroatoms. The van der Waals surface area contributed by atoms with Gasteiger partial charge in [-0.3, -0.25) is 9.69 Å². The Morgan fingerprint density at radius 1 is 1.21 bits per heavy atom. The van der Waals surface area contributed by atoms with Crippen LogP contribution in [0.25, 0.3) is 0 Å². The predicted molar refractivity (Wildman–Crippen MR) is 131 cm³/mol. The lowest BCUT2D eigenvalue weighted by Gasteiger charge is -2.33. The molecule has 1 aromatic heterocycles. The van der Waals surface area contributed by atoms with E-state index in [0.29, 0.717) is 31.4 Å². The smallest absolute Gasteiger partial charge is 0.230 e. The third kappa shape index (κ3) is 6.91. The number of allylic oxidation sites excluding steroid dienone is 1. The molecule has 0 bridgehead atoms. The van der Waals surface area contributed by atoms with Crippen molar-refractivity contribution in [3.05, 3.63) is 54.4 Å². The number of morpholine rings is 1. The molecule has 0 radical (unpaired) electrons. The number of nitrogens with zero attached hydrogens (tertiary/aromatic N) is 4. The van der Waals surface area contributed by atoms with Gasteiger partial charge >= 0.3 is 0 Å². The zero-order chi connectivity index (χ0) is 22.9. The Kier molecular flexibility index (Phi) is 8.97. The Morgan fingerprint density at radius 2 is 2.03 bits per heavy atom. The van der Waals surface area contributed by atoms with E-state index in [-0.39, 0.29) is 12.0 Å². The third-order valence-corrected chi connectivity index (χ3v) is 7.33. The second-order valence-electron chi connectivity index (χ2n) is 8.88. The summed E-state index contributed by atoms with van der Waals surface area (Å²) in [5, 5.41) is 12.7. The molecule has 2 fully saturated rings. The molecule has 2 heterocycles. The van der Waals surface area contributed by atoms with Crippen LogP contribution in [0.1, 0.15) is 49.4 Å². The van der Waals surface area contributed by atoms with Crippen LogP contribution in [0.4, 0.5) is 0 Å². The highest BCUT2D eigenvalue weighted by Gasteiger charge is 2.24. The van der Waals surface area contributed by atoms with Crippen molar-refractivity contribution in [2.75, 3.05) is 32.0 Å². The minimum atomic E-state index is -0.00356. The summed E-state index contributed by atoms with van der Waals surface area (Å²) in [6.07, 6.45) is 8.04. The number of hydrogen-bond donors (Lipinski definition) is 1. The highest BCUT2D eigenvalue weighted by molar-refractivity contribution is 7.99. The molecule has 7 nitrogen and oxygen atoms in total. The number of nitrogens with one attached hydrogen (secondary N) is 1. The molecule has 1 atom stereocenters. The van der Waals surface area contributed by atoms with Crippen molar-refractivity contribution in [3.8, 4) is 0 Å². The van der Waals surface area contributed by atoms with Gasteiger partial charge < -0.3 is 14.6 Å². The largest absolute Gasteiger partial charge is 0.374 e. The summed E-state index contributed by atoms with van der Waals surface area (Å²) < 4.78 is 8.01. The first kappa shape index (κ1) is 24.0. The molecule has 4 rings (SSSR count). The van der Waals surface area contributed by atoms with E-state index >= 15 is 0 Å². The fourth-order valence-electron chi connectivity index (χ4n) is 4.67. The average Bonchev–Trinajstić information content (AvgIpc) is 3.25. The molecule has 33 heavy (non-hydrogen) atoms. The monoisotopic (exact) mass is 469 g/mol. The molecular formula is C25H35N5O2S. The lowest BCUT2D eigenvalue weighted by Crippen LogP contribution is -2.47. The van der Waals surface area contributed by atoms with Gasteiger partial charge in [0.2, 0.25) is 5.91 Å². The summed E-state index contributed by atoms with van der Waals surface area (Å²) in [7, 11) is 0. The van der Waals surface area contributed by atoms with Crippen LogP contribution in [-0.2, 0) is 22.6 Å². The van der Waals surface area contributed by atoms with Gasteiger partial charge in [0.05, 0.1) is 18.5 Å². The molecule has 1 saturated heterocycles. The number of amides is 1. The summed E-state index contributed by atoms with van der Waals surface area (Å²) in [5.74, 6) is 1.83. The Labute approximate surface area is 201 Å². The number of rotatable bonds is 10. The molecule has 1 aliphatic carbocycles. The second kappa shape index (κ2) is 12.3. The summed E-state index contributed by atoms with van der Waals surface area (Å²) in [4.78, 5) is 14.9. The fraction of sp³-hybridized carbons (Fsp3) is 0.560. The van der Waals surface area contributed by atoms with E-state index in [2.05, 4.69) is 55.8 Å². The zero-order valence-electron chi connectivity index (χ0n) is 19.3. The summed E-state index contributed by atoms with van der Waals surface area (Å²) in [5.41, 5.74) is 1.30. The number of carbonyl (C=O) groups excluding carboxylic acids is 1. The minimum Gasteiger partial charge on any atom is -0.374 e. The van der Waals surface area contributed by atoms with Gasteiger partial charge in [0.25, 0.3) is 0 Å². The molecule has 1 N–H and O–H groups in total. The average molecular weight is 470 g/mol. The van der Waals surface area contributed by atoms with Crippen LogP contribution in [0.5, 0.6) is 0 Å². The quantitative estimate of drug-likeness (QED) is 0.423. The minimum absolute atomic E-state index is 0.00356. The first-order valence-electron chi connectivity index (χ1n) is 12.0. The van der Waals surface area contributed by atoms with E-state index in [1.165, 1.54) is 49.4 Å². The van der Waals surface area contributed by atoms with Crippen LogP contribution in [0.15, 0.2) is 48.1 Å². The molecule has 178 valence electrons. The van der Waals surface area contributed by atoms with Crippen molar-refractivity contribution in [2.45, 2.75) is 62.4 Å². The maximum atomic E-state index is 12.5. The van der Waals surface area contributed by atoms with E-state index < -0.39 is 0 Å². The highest BCUT2D eigenvalue weighted by atomic mass is 32.2. The van der Waals surface area contributed by atoms with Gasteiger partial charge in [0, 0.05) is 38.6 Å². The van der Waals surface area contributed by atoms with Gasteiger partial charge in [-0.2, -0.15) is 0 Å². The highest BCUT2D eigenvalue weighted by Crippen LogP contribution is 2.33. The van der Waals surface area contributed by atoms with Crippen molar-refractivity contribution in [1.29, 1.82) is 0 Å². The first-order valence-corrected chi connectivity index (χ1v) is 13.0. The van der Waals surface area contributed by atoms with Crippen LogP contribution in [0.3, 0.4) is 0 Å². The standard InChI is InChI=1S/C25H35N5O2S/c1-2-13-30-24(21-11-7-4-8-12-21)27-28-25(30)33-19-23(31)26-16-22-18-29(14-15-32-22)17-20-9-5-3-6-10-20/h2-3,5-6,9-10,21-22H,1,4,7-8,11-19H2,(H,26,31). The normalized spacial score (nSPS) is 19.9. The number of ether oxygens (including phenoxy) is 1. The van der Waals surface area contributed by atoms with Crippen LogP contribution < -0.4 is 5.32 Å². The van der Waals surface area contributed by atoms with E-state index in [1.54, 1.807) is 0 Å². The number of aromatic nitrogens is 3. The van der Waals surface area contributed by atoms with Crippen molar-refractivity contribution >= 4 is 17.7 Å². The van der Waals surface area contributed by atoms with E-state index in [0.717, 1.165) is 30.6 Å². The SMILES string of the molecule is C=CCn1c(SCC(=O)NCC2CN(Cc3ccccc3)CCO2)nnc1C1CCCCC1. The Bertz CT molecular complexity index is 897. The predicted octanol–water partition coefficient (Wildman–Crippen LogP) is 3.62. The molecule has 1 aromatic carbocycles. The lowest BCUT2D eigenvalue weighted by molar-refractivity contribution is -0.119. The third-order valence-electron chi connectivity index (χ3n) is 6.36. The molecular weight excluding hydrogens is 434 g/mol. The maximum absolute atomic E-state index is 12.5. The number of carbonyl (C=O) groups is 1. The van der Waals surface area contributed by atoms with Crippen LogP contribution in [0, 0.1) is 0 Å². The second-order valence-corrected chi connectivity index (χ2v) is 9.82. The summed E-state index contributed by atoms with van der Waals surface area (Å²) >= 11 is 1.45. The Morgan fingerprint density at radius 3 is 2.82 bits per heavy atom. The van der Waals surface area contributed by atoms with Gasteiger partial charge in [-0.25, -0.2) is 0 Å². The van der Waals surface area contributed by atoms with Crippen LogP contribution >= 0.6 is 11.8 Å². The Hall–Kier alpha value is -2.16. The number of hydrogen-bond acceptors (Lipinski definition) is 6. The van der Waals surface area contributed by atoms with Crippen molar-refractivity contribution in [1.82, 2.24) is 25.0 Å². The summed E-state index contributed by atoms with van der Waals surface area (Å²) in [6, 6.07) is 10.5. The molecule has 1 amide bonds. The Balaban J connectivity index is 1.24. The van der Waals surface area contributed by atoms with E-state index in [1.807, 2.05) is 12.1 Å². The van der Waals surface area contributed by atoms with Gasteiger partial charge in [-0.15, -0.1) is 16.8 Å². The van der Waals surface area contributed by atoms with Gasteiger partial charge in [0.1, 0.15) is 5.82 Å². The summed E-state index contributed by atoms with van der Waals surface area (Å²) in [6.45, 7) is 8.43. The molecule has 2 aromatic rings. The van der Waals surface area contributed by atoms with Crippen molar-refractivity contribution in [2.24, 2.45) is 0 Å². The topological polar surface area (TPSA) is 72.3 Å². The van der Waals surface area contributed by atoms with Gasteiger partial charge in [0.15, 0.2) is 5.16 Å². The number of thioether (sulfide) groups is 1. The fourth-order valence-corrected chi connectivity index (χ4v) is 5.45. The molecule has 1 aliphatic heterocycles. The van der Waals surface area contributed by atoms with Crippen molar-refractivity contribution < 1.29 is 9.53 Å². The zero-order valence-corrected chi connectivity index (χ0v) is 20.1. The van der Waals surface area contributed by atoms with E-state index in [9.17, 15) is 4.79 Å². The lowest BCUT2D eigenvalue weighted by atomic mass is 9.89. The first-order chi connectivity index (χ1) is 16.2. The van der Waals surface area contributed by atoms with Crippen molar-refractivity contribution in [3.63, 3.8) is 0 Å². The molecule has 0 spiro atoms. The van der Waals surface area contributed by atoms with Gasteiger partial charge in [-0.1, -0.05) is 67.4 Å². The van der Waals surface area contributed by atoms with Gasteiger partial charge in [-0.05, 0) is 18.4 Å². The van der Waals surface area contributed by atoms with Crippen LogP contribution in [0.2, 0.25) is 0 Å².